The molecule has 2 aromatic heterocycles. The molecular weight excluding hydrogens is 462 g/mol. The molecule has 0 bridgehead atoms. The number of fused-ring (bicyclic) bond motifs is 2. The van der Waals surface area contributed by atoms with Crippen molar-refractivity contribution < 1.29 is 4.79 Å². The standard InChI is InChI=1S/C26H28ClN7O/c27-19-10-11-20-21(12-15-29-24(20)16-19)28-13-6-2-1-3-7-14-30-26(35)18-32-34-25-17-31-22-8-4-5-9-23(22)33-25/h4-5,8-12,15-18H,1-3,6-7,13-14H2,(H,28,29)(H,30,35)(H,33,34)/b32-18+. The lowest BCUT2D eigenvalue weighted by molar-refractivity contribution is -0.114. The lowest BCUT2D eigenvalue weighted by atomic mass is 10.1. The molecule has 0 saturated carbocycles. The van der Waals surface area contributed by atoms with E-state index >= 15 is 0 Å². The average Bonchev–Trinajstić information content (AvgIpc) is 2.87. The van der Waals surface area contributed by atoms with Crippen molar-refractivity contribution in [3.63, 3.8) is 0 Å². The second-order valence-electron chi connectivity index (χ2n) is 8.12. The third-order valence-electron chi connectivity index (χ3n) is 5.48. The van der Waals surface area contributed by atoms with Crippen LogP contribution in [0, 0.1) is 0 Å². The Kier molecular flexibility index (Phi) is 8.78. The van der Waals surface area contributed by atoms with Crippen molar-refractivity contribution in [3.8, 4) is 0 Å². The summed E-state index contributed by atoms with van der Waals surface area (Å²) < 4.78 is 0. The van der Waals surface area contributed by atoms with Gasteiger partial charge >= 0.3 is 0 Å². The van der Waals surface area contributed by atoms with Crippen LogP contribution in [0.15, 0.2) is 66.0 Å². The van der Waals surface area contributed by atoms with E-state index in [4.69, 9.17) is 11.6 Å². The van der Waals surface area contributed by atoms with Gasteiger partial charge in [0.15, 0.2) is 5.82 Å². The molecule has 0 spiro atoms. The number of unbranched alkanes of at least 4 members (excludes halogenated alkanes) is 4. The van der Waals surface area contributed by atoms with Crippen molar-refractivity contribution >= 4 is 57.2 Å². The van der Waals surface area contributed by atoms with Crippen LogP contribution < -0.4 is 16.1 Å². The Morgan fingerprint density at radius 3 is 2.60 bits per heavy atom. The second-order valence-corrected chi connectivity index (χ2v) is 8.56. The molecule has 0 aliphatic carbocycles. The Bertz CT molecular complexity index is 1310. The quantitative estimate of drug-likeness (QED) is 0.140. The van der Waals surface area contributed by atoms with Crippen molar-refractivity contribution in [2.75, 3.05) is 23.8 Å². The summed E-state index contributed by atoms with van der Waals surface area (Å²) in [4.78, 5) is 25.0. The van der Waals surface area contributed by atoms with E-state index in [1.807, 2.05) is 48.5 Å². The number of anilines is 2. The van der Waals surface area contributed by atoms with Gasteiger partial charge in [0.2, 0.25) is 0 Å². The Balaban J connectivity index is 1.05. The maximum absolute atomic E-state index is 11.9. The zero-order valence-corrected chi connectivity index (χ0v) is 20.1. The van der Waals surface area contributed by atoms with Gasteiger partial charge < -0.3 is 10.6 Å². The van der Waals surface area contributed by atoms with Crippen LogP contribution in [0.5, 0.6) is 0 Å². The lowest BCUT2D eigenvalue weighted by Gasteiger charge is -2.09. The summed E-state index contributed by atoms with van der Waals surface area (Å²) >= 11 is 6.05. The van der Waals surface area contributed by atoms with E-state index in [9.17, 15) is 4.79 Å². The Hall–Kier alpha value is -3.78. The normalized spacial score (nSPS) is 11.2. The van der Waals surface area contributed by atoms with Gasteiger partial charge in [-0.2, -0.15) is 5.10 Å². The zero-order valence-electron chi connectivity index (χ0n) is 19.4. The molecule has 0 unspecified atom stereocenters. The molecular formula is C26H28ClN7O. The van der Waals surface area contributed by atoms with Gasteiger partial charge in [0.1, 0.15) is 6.21 Å². The summed E-state index contributed by atoms with van der Waals surface area (Å²) in [6, 6.07) is 15.3. The molecule has 4 aromatic rings. The number of hydrogen-bond acceptors (Lipinski definition) is 7. The Labute approximate surface area is 209 Å². The first-order valence-corrected chi connectivity index (χ1v) is 12.1. The number of pyridine rings is 1. The number of rotatable bonds is 12. The third kappa shape index (κ3) is 7.35. The predicted octanol–water partition coefficient (Wildman–Crippen LogP) is 5.41. The number of carbonyl (C=O) groups excluding carboxylic acids is 1. The van der Waals surface area contributed by atoms with E-state index in [0.29, 0.717) is 17.4 Å². The molecule has 8 nitrogen and oxygen atoms in total. The molecule has 0 fully saturated rings. The second kappa shape index (κ2) is 12.6. The van der Waals surface area contributed by atoms with Crippen LogP contribution in [-0.2, 0) is 4.79 Å². The fourth-order valence-corrected chi connectivity index (χ4v) is 3.87. The fourth-order valence-electron chi connectivity index (χ4n) is 3.70. The average molecular weight is 490 g/mol. The van der Waals surface area contributed by atoms with E-state index in [2.05, 4.69) is 36.1 Å². The van der Waals surface area contributed by atoms with Gasteiger partial charge in [0.05, 0.1) is 22.7 Å². The first-order chi connectivity index (χ1) is 17.2. The smallest absolute Gasteiger partial charge is 0.264 e. The van der Waals surface area contributed by atoms with Gasteiger partial charge in [0.25, 0.3) is 5.91 Å². The molecule has 35 heavy (non-hydrogen) atoms. The molecule has 2 aromatic carbocycles. The van der Waals surface area contributed by atoms with Crippen LogP contribution in [0.1, 0.15) is 32.1 Å². The summed E-state index contributed by atoms with van der Waals surface area (Å²) in [6.45, 7) is 1.54. The number of benzene rings is 2. The first-order valence-electron chi connectivity index (χ1n) is 11.8. The number of nitrogens with one attached hydrogen (secondary N) is 3. The Morgan fingerprint density at radius 1 is 0.914 bits per heavy atom. The maximum Gasteiger partial charge on any atom is 0.264 e. The number of hydrogen-bond donors (Lipinski definition) is 3. The molecule has 0 aliphatic heterocycles. The van der Waals surface area contributed by atoms with Gasteiger partial charge in [-0.05, 0) is 49.2 Å². The number of halogens is 1. The van der Waals surface area contributed by atoms with Crippen LogP contribution in [0.3, 0.4) is 0 Å². The predicted molar refractivity (Wildman–Crippen MR) is 143 cm³/mol. The van der Waals surface area contributed by atoms with Crippen molar-refractivity contribution in [2.45, 2.75) is 32.1 Å². The number of carbonyl (C=O) groups is 1. The molecule has 4 rings (SSSR count). The molecule has 2 heterocycles. The third-order valence-corrected chi connectivity index (χ3v) is 5.72. The van der Waals surface area contributed by atoms with Gasteiger partial charge in [-0.25, -0.2) is 4.98 Å². The highest BCUT2D eigenvalue weighted by atomic mass is 35.5. The maximum atomic E-state index is 11.9. The zero-order chi connectivity index (χ0) is 24.3. The van der Waals surface area contributed by atoms with Crippen LogP contribution >= 0.6 is 11.6 Å². The molecule has 0 radical (unpaired) electrons. The van der Waals surface area contributed by atoms with Crippen molar-refractivity contribution in [1.29, 1.82) is 0 Å². The van der Waals surface area contributed by atoms with Crippen LogP contribution in [0.25, 0.3) is 21.9 Å². The van der Waals surface area contributed by atoms with Crippen LogP contribution in [0.2, 0.25) is 5.02 Å². The van der Waals surface area contributed by atoms with Gasteiger partial charge in [-0.1, -0.05) is 43.0 Å². The Morgan fingerprint density at radius 2 is 1.71 bits per heavy atom. The summed E-state index contributed by atoms with van der Waals surface area (Å²) in [5, 5.41) is 12.1. The summed E-state index contributed by atoms with van der Waals surface area (Å²) in [5.41, 5.74) is 6.30. The van der Waals surface area contributed by atoms with E-state index in [0.717, 1.165) is 66.3 Å². The molecule has 9 heteroatoms. The van der Waals surface area contributed by atoms with Gasteiger partial charge in [0, 0.05) is 35.4 Å². The summed E-state index contributed by atoms with van der Waals surface area (Å²) in [5.74, 6) is 0.255. The molecule has 0 atom stereocenters. The SMILES string of the molecule is O=C(/C=N/Nc1cnc2ccccc2n1)NCCCCCCCNc1ccnc2cc(Cl)ccc12. The number of para-hydroxylation sites is 2. The van der Waals surface area contributed by atoms with Crippen LogP contribution in [-0.4, -0.2) is 40.2 Å². The minimum Gasteiger partial charge on any atom is -0.384 e. The summed E-state index contributed by atoms with van der Waals surface area (Å²) in [7, 11) is 0. The van der Waals surface area contributed by atoms with Crippen molar-refractivity contribution in [2.24, 2.45) is 5.10 Å². The minimum atomic E-state index is -0.235. The first kappa shape index (κ1) is 24.3. The largest absolute Gasteiger partial charge is 0.384 e. The molecule has 1 amide bonds. The lowest BCUT2D eigenvalue weighted by Crippen LogP contribution is -2.25. The van der Waals surface area contributed by atoms with Gasteiger partial charge in [-0.3, -0.25) is 20.2 Å². The number of nitrogens with zero attached hydrogens (tertiary/aromatic N) is 4. The highest BCUT2D eigenvalue weighted by Crippen LogP contribution is 2.24. The van der Waals surface area contributed by atoms with E-state index in [1.165, 1.54) is 6.21 Å². The van der Waals surface area contributed by atoms with Gasteiger partial charge in [-0.15, -0.1) is 0 Å². The number of amides is 1. The van der Waals surface area contributed by atoms with Crippen LogP contribution in [0.4, 0.5) is 11.5 Å². The molecule has 0 saturated heterocycles. The topological polar surface area (TPSA) is 104 Å². The monoisotopic (exact) mass is 489 g/mol. The molecule has 0 aliphatic rings. The fraction of sp³-hybridized carbons (Fsp3) is 0.269. The van der Waals surface area contributed by atoms with Crippen molar-refractivity contribution in [3.05, 3.63) is 65.9 Å². The highest BCUT2D eigenvalue weighted by molar-refractivity contribution is 6.31. The number of hydrazone groups is 1. The van der Waals surface area contributed by atoms with Crippen molar-refractivity contribution in [1.82, 2.24) is 20.3 Å². The highest BCUT2D eigenvalue weighted by Gasteiger charge is 2.03. The molecule has 3 N–H and O–H groups in total. The van der Waals surface area contributed by atoms with E-state index < -0.39 is 0 Å². The minimum absolute atomic E-state index is 0.235. The van der Waals surface area contributed by atoms with E-state index in [-0.39, 0.29) is 5.91 Å². The van der Waals surface area contributed by atoms with E-state index in [1.54, 1.807) is 12.4 Å². The number of aromatic nitrogens is 3. The molecule has 180 valence electrons. The summed E-state index contributed by atoms with van der Waals surface area (Å²) in [6.07, 6.45) is 9.95.